The summed E-state index contributed by atoms with van der Waals surface area (Å²) in [6, 6.07) is 10.2. The Labute approximate surface area is 95.4 Å². The molecule has 0 N–H and O–H groups in total. The summed E-state index contributed by atoms with van der Waals surface area (Å²) in [5.74, 6) is 0. The molecule has 0 amide bonds. The van der Waals surface area contributed by atoms with Gasteiger partial charge in [-0.1, -0.05) is 29.8 Å². The van der Waals surface area contributed by atoms with Crippen molar-refractivity contribution in [1.29, 1.82) is 5.26 Å². The van der Waals surface area contributed by atoms with Crippen LogP contribution in [0.2, 0.25) is 0 Å². The molecule has 0 unspecified atom stereocenters. The highest BCUT2D eigenvalue weighted by Gasteiger charge is 2.05. The number of nitrogens with zero attached hydrogens (tertiary/aromatic N) is 2. The van der Waals surface area contributed by atoms with E-state index in [9.17, 15) is 0 Å². The molecule has 0 aliphatic carbocycles. The predicted molar refractivity (Wildman–Crippen MR) is 66.1 cm³/mol. The largest absolute Gasteiger partial charge is 0.342 e. The highest BCUT2D eigenvalue weighted by Crippen LogP contribution is 2.20. The van der Waals surface area contributed by atoms with Gasteiger partial charge in [0.1, 0.15) is 6.07 Å². The fourth-order valence-corrected chi connectivity index (χ4v) is 1.77. The molecule has 80 valence electrons. The molecular weight excluding hydrogens is 196 g/mol. The number of fused-ring (bicyclic) bond motifs is 1. The number of para-hydroxylation sites is 1. The summed E-state index contributed by atoms with van der Waals surface area (Å²) >= 11 is 0. The van der Waals surface area contributed by atoms with E-state index in [0.29, 0.717) is 0 Å². The zero-order chi connectivity index (χ0) is 11.5. The molecule has 0 saturated heterocycles. The molecule has 0 spiro atoms. The minimum atomic E-state index is 0.748. The summed E-state index contributed by atoms with van der Waals surface area (Å²) in [5, 5.41) is 10.1. The lowest BCUT2D eigenvalue weighted by atomic mass is 10.2. The molecular formula is C14H14N2. The summed E-state index contributed by atoms with van der Waals surface area (Å²) in [6.45, 7) is 4.98. The van der Waals surface area contributed by atoms with Gasteiger partial charge < -0.3 is 4.57 Å². The second kappa shape index (κ2) is 4.24. The molecule has 0 atom stereocenters. The number of nitriles is 1. The van der Waals surface area contributed by atoms with E-state index in [2.05, 4.69) is 36.6 Å². The molecule has 0 aliphatic rings. The van der Waals surface area contributed by atoms with Gasteiger partial charge in [0.15, 0.2) is 0 Å². The van der Waals surface area contributed by atoms with Crippen LogP contribution in [0.5, 0.6) is 0 Å². The Hall–Kier alpha value is -2.01. The van der Waals surface area contributed by atoms with Crippen molar-refractivity contribution >= 4 is 10.9 Å². The van der Waals surface area contributed by atoms with Crippen molar-refractivity contribution in [1.82, 2.24) is 4.57 Å². The maximum Gasteiger partial charge on any atom is 0.101 e. The van der Waals surface area contributed by atoms with Gasteiger partial charge in [0.05, 0.1) is 5.56 Å². The molecule has 0 fully saturated rings. The van der Waals surface area contributed by atoms with Crippen molar-refractivity contribution in [3.05, 3.63) is 47.7 Å². The van der Waals surface area contributed by atoms with Gasteiger partial charge in [-0.2, -0.15) is 5.26 Å². The highest BCUT2D eigenvalue weighted by atomic mass is 14.9. The molecule has 2 rings (SSSR count). The third-order valence-electron chi connectivity index (χ3n) is 2.61. The van der Waals surface area contributed by atoms with E-state index in [-0.39, 0.29) is 0 Å². The second-order valence-electron chi connectivity index (χ2n) is 4.11. The Balaban J connectivity index is 2.54. The monoisotopic (exact) mass is 210 g/mol. The van der Waals surface area contributed by atoms with Gasteiger partial charge in [0.2, 0.25) is 0 Å². The maximum absolute atomic E-state index is 9.05. The number of aromatic nitrogens is 1. The first-order valence-corrected chi connectivity index (χ1v) is 5.33. The average Bonchev–Trinajstić information content (AvgIpc) is 2.65. The highest BCUT2D eigenvalue weighted by molar-refractivity contribution is 5.86. The first-order valence-electron chi connectivity index (χ1n) is 5.33. The summed E-state index contributed by atoms with van der Waals surface area (Å²) in [6.07, 6.45) is 4.08. The Bertz CT molecular complexity index is 578. The topological polar surface area (TPSA) is 28.7 Å². The lowest BCUT2D eigenvalue weighted by Gasteiger charge is -2.00. The molecule has 2 heteroatoms. The normalized spacial score (nSPS) is 10.1. The number of hydrogen-bond acceptors (Lipinski definition) is 1. The molecule has 2 aromatic rings. The Morgan fingerprint density at radius 3 is 2.81 bits per heavy atom. The van der Waals surface area contributed by atoms with E-state index < -0.39 is 0 Å². The van der Waals surface area contributed by atoms with Crippen LogP contribution < -0.4 is 0 Å². The van der Waals surface area contributed by atoms with Crippen molar-refractivity contribution in [2.45, 2.75) is 20.4 Å². The summed E-state index contributed by atoms with van der Waals surface area (Å²) in [4.78, 5) is 0. The van der Waals surface area contributed by atoms with Gasteiger partial charge in [-0.3, -0.25) is 0 Å². The Morgan fingerprint density at radius 2 is 2.12 bits per heavy atom. The molecule has 0 radical (unpaired) electrons. The third-order valence-corrected chi connectivity index (χ3v) is 2.61. The minimum Gasteiger partial charge on any atom is -0.342 e. The molecule has 1 heterocycles. The second-order valence-corrected chi connectivity index (χ2v) is 4.11. The predicted octanol–water partition coefficient (Wildman–Crippen LogP) is 3.48. The molecule has 2 nitrogen and oxygen atoms in total. The first kappa shape index (κ1) is 10.5. The number of allylic oxidation sites excluding steroid dienone is 2. The van der Waals surface area contributed by atoms with Crippen molar-refractivity contribution < 1.29 is 0 Å². The zero-order valence-electron chi connectivity index (χ0n) is 9.57. The smallest absolute Gasteiger partial charge is 0.101 e. The molecule has 1 aromatic heterocycles. The van der Waals surface area contributed by atoms with Crippen LogP contribution in [-0.4, -0.2) is 4.57 Å². The van der Waals surface area contributed by atoms with Crippen LogP contribution in [0.3, 0.4) is 0 Å². The van der Waals surface area contributed by atoms with E-state index in [1.165, 1.54) is 5.57 Å². The summed E-state index contributed by atoms with van der Waals surface area (Å²) < 4.78 is 2.11. The van der Waals surface area contributed by atoms with E-state index in [1.54, 1.807) is 0 Å². The standard InChI is InChI=1S/C14H14N2/c1-11(2)7-8-16-10-12(9-15)13-5-3-4-6-14(13)16/h3-7,10H,8H2,1-2H3. The lowest BCUT2D eigenvalue weighted by Crippen LogP contribution is -1.92. The molecule has 0 bridgehead atoms. The van der Waals surface area contributed by atoms with Crippen molar-refractivity contribution in [3.63, 3.8) is 0 Å². The van der Waals surface area contributed by atoms with Crippen molar-refractivity contribution in [2.75, 3.05) is 0 Å². The van der Waals surface area contributed by atoms with Gasteiger partial charge in [0.25, 0.3) is 0 Å². The van der Waals surface area contributed by atoms with E-state index in [0.717, 1.165) is 23.0 Å². The van der Waals surface area contributed by atoms with Crippen LogP contribution in [0, 0.1) is 11.3 Å². The van der Waals surface area contributed by atoms with Crippen LogP contribution in [0.15, 0.2) is 42.1 Å². The summed E-state index contributed by atoms with van der Waals surface area (Å²) in [7, 11) is 0. The fourth-order valence-electron chi connectivity index (χ4n) is 1.77. The van der Waals surface area contributed by atoms with Crippen LogP contribution in [-0.2, 0) is 6.54 Å². The molecule has 0 aliphatic heterocycles. The molecule has 0 saturated carbocycles. The molecule has 16 heavy (non-hydrogen) atoms. The van der Waals surface area contributed by atoms with Crippen LogP contribution >= 0.6 is 0 Å². The van der Waals surface area contributed by atoms with E-state index in [4.69, 9.17) is 5.26 Å². The van der Waals surface area contributed by atoms with Crippen molar-refractivity contribution in [3.8, 4) is 6.07 Å². The number of hydrogen-bond donors (Lipinski definition) is 0. The van der Waals surface area contributed by atoms with Gasteiger partial charge in [-0.15, -0.1) is 0 Å². The SMILES string of the molecule is CC(C)=CCn1cc(C#N)c2ccccc21. The zero-order valence-corrected chi connectivity index (χ0v) is 9.57. The third kappa shape index (κ3) is 1.85. The first-order chi connectivity index (χ1) is 7.72. The minimum absolute atomic E-state index is 0.748. The van der Waals surface area contributed by atoms with Gasteiger partial charge >= 0.3 is 0 Å². The van der Waals surface area contributed by atoms with Crippen LogP contribution in [0.4, 0.5) is 0 Å². The van der Waals surface area contributed by atoms with E-state index >= 15 is 0 Å². The van der Waals surface area contributed by atoms with Crippen LogP contribution in [0.25, 0.3) is 10.9 Å². The van der Waals surface area contributed by atoms with Crippen molar-refractivity contribution in [2.24, 2.45) is 0 Å². The summed E-state index contributed by atoms with van der Waals surface area (Å²) in [5.41, 5.74) is 3.16. The van der Waals surface area contributed by atoms with Gasteiger partial charge in [0, 0.05) is 23.6 Å². The Kier molecular flexibility index (Phi) is 2.78. The fraction of sp³-hybridized carbons (Fsp3) is 0.214. The van der Waals surface area contributed by atoms with Gasteiger partial charge in [-0.05, 0) is 19.9 Å². The lowest BCUT2D eigenvalue weighted by molar-refractivity contribution is 0.855. The number of rotatable bonds is 2. The molecule has 1 aromatic carbocycles. The van der Waals surface area contributed by atoms with Crippen LogP contribution in [0.1, 0.15) is 19.4 Å². The number of benzene rings is 1. The average molecular weight is 210 g/mol. The Morgan fingerprint density at radius 1 is 1.38 bits per heavy atom. The van der Waals surface area contributed by atoms with Gasteiger partial charge in [-0.25, -0.2) is 0 Å². The quantitative estimate of drug-likeness (QED) is 0.697. The maximum atomic E-state index is 9.05. The van der Waals surface area contributed by atoms with E-state index in [1.807, 2.05) is 24.4 Å².